The van der Waals surface area contributed by atoms with E-state index in [1.54, 1.807) is 0 Å². The van der Waals surface area contributed by atoms with Gasteiger partial charge in [-0.3, -0.25) is 9.59 Å². The van der Waals surface area contributed by atoms with Crippen LogP contribution in [0, 0.1) is 5.82 Å². The SMILES string of the molecule is O=Cc1cccc(F)c1OCC(=O)NC1CCOCC1. The van der Waals surface area contributed by atoms with Gasteiger partial charge in [-0.2, -0.15) is 0 Å². The minimum absolute atomic E-state index is 0.0611. The third kappa shape index (κ3) is 3.77. The van der Waals surface area contributed by atoms with Gasteiger partial charge in [0.05, 0.1) is 5.56 Å². The van der Waals surface area contributed by atoms with Crippen LogP contribution in [0.5, 0.6) is 5.75 Å². The molecule has 1 fully saturated rings. The topological polar surface area (TPSA) is 64.6 Å². The van der Waals surface area contributed by atoms with E-state index in [1.165, 1.54) is 18.2 Å². The van der Waals surface area contributed by atoms with E-state index >= 15 is 0 Å². The first kappa shape index (κ1) is 14.5. The number of hydrogen-bond donors (Lipinski definition) is 1. The van der Waals surface area contributed by atoms with Crippen molar-refractivity contribution in [2.45, 2.75) is 18.9 Å². The standard InChI is InChI=1S/C14H16FNO4/c15-12-3-1-2-10(8-17)14(12)20-9-13(18)16-11-4-6-19-7-5-11/h1-3,8,11H,4-7,9H2,(H,16,18). The summed E-state index contributed by atoms with van der Waals surface area (Å²) in [6.07, 6.45) is 2.00. The Morgan fingerprint density at radius 2 is 2.20 bits per heavy atom. The monoisotopic (exact) mass is 281 g/mol. The molecule has 20 heavy (non-hydrogen) atoms. The van der Waals surface area contributed by atoms with Gasteiger partial charge in [-0.1, -0.05) is 6.07 Å². The van der Waals surface area contributed by atoms with Crippen LogP contribution >= 0.6 is 0 Å². The van der Waals surface area contributed by atoms with Gasteiger partial charge in [-0.05, 0) is 25.0 Å². The van der Waals surface area contributed by atoms with Crippen LogP contribution in [-0.4, -0.2) is 38.1 Å². The first-order valence-corrected chi connectivity index (χ1v) is 6.44. The van der Waals surface area contributed by atoms with E-state index in [0.29, 0.717) is 19.5 Å². The molecular weight excluding hydrogens is 265 g/mol. The van der Waals surface area contributed by atoms with Gasteiger partial charge in [0.25, 0.3) is 5.91 Å². The summed E-state index contributed by atoms with van der Waals surface area (Å²) in [7, 11) is 0. The molecule has 6 heteroatoms. The van der Waals surface area contributed by atoms with Crippen molar-refractivity contribution >= 4 is 12.2 Å². The smallest absolute Gasteiger partial charge is 0.258 e. The minimum atomic E-state index is -0.659. The number of nitrogens with one attached hydrogen (secondary N) is 1. The second-order valence-electron chi connectivity index (χ2n) is 4.52. The highest BCUT2D eigenvalue weighted by atomic mass is 19.1. The van der Waals surface area contributed by atoms with Gasteiger partial charge < -0.3 is 14.8 Å². The number of amides is 1. The summed E-state index contributed by atoms with van der Waals surface area (Å²) in [6.45, 7) is 0.919. The molecule has 1 heterocycles. The summed E-state index contributed by atoms with van der Waals surface area (Å²) in [5.41, 5.74) is 0.0869. The summed E-state index contributed by atoms with van der Waals surface area (Å²) in [5.74, 6) is -1.19. The van der Waals surface area contributed by atoms with Crippen molar-refractivity contribution in [3.05, 3.63) is 29.6 Å². The number of ether oxygens (including phenoxy) is 2. The van der Waals surface area contributed by atoms with E-state index in [-0.39, 0.29) is 29.9 Å². The second-order valence-corrected chi connectivity index (χ2v) is 4.52. The first-order chi connectivity index (χ1) is 9.70. The molecular formula is C14H16FNO4. The van der Waals surface area contributed by atoms with Gasteiger partial charge in [0, 0.05) is 19.3 Å². The Morgan fingerprint density at radius 1 is 1.45 bits per heavy atom. The summed E-state index contributed by atoms with van der Waals surface area (Å²) >= 11 is 0. The van der Waals surface area contributed by atoms with Gasteiger partial charge in [-0.15, -0.1) is 0 Å². The van der Waals surface area contributed by atoms with Crippen LogP contribution in [0.2, 0.25) is 0 Å². The molecule has 1 aromatic rings. The van der Waals surface area contributed by atoms with Crippen molar-refractivity contribution in [1.29, 1.82) is 0 Å². The molecule has 1 N–H and O–H groups in total. The Labute approximate surface area is 116 Å². The Balaban J connectivity index is 1.88. The summed E-state index contributed by atoms with van der Waals surface area (Å²) in [6, 6.07) is 4.08. The Bertz CT molecular complexity index is 486. The Hall–Kier alpha value is -1.95. The van der Waals surface area contributed by atoms with Crippen LogP contribution in [0.15, 0.2) is 18.2 Å². The number of rotatable bonds is 5. The molecule has 1 amide bonds. The van der Waals surface area contributed by atoms with Crippen LogP contribution in [0.3, 0.4) is 0 Å². The maximum absolute atomic E-state index is 13.5. The lowest BCUT2D eigenvalue weighted by Gasteiger charge is -2.23. The predicted octanol–water partition coefficient (Wildman–Crippen LogP) is 1.31. The third-order valence-electron chi connectivity index (χ3n) is 3.06. The average Bonchev–Trinajstić information content (AvgIpc) is 2.46. The normalized spacial score (nSPS) is 15.7. The highest BCUT2D eigenvalue weighted by Gasteiger charge is 2.17. The van der Waals surface area contributed by atoms with Crippen molar-refractivity contribution < 1.29 is 23.5 Å². The molecule has 108 valence electrons. The molecule has 0 spiro atoms. The Kier molecular flexibility index (Phi) is 5.06. The van der Waals surface area contributed by atoms with E-state index < -0.39 is 5.82 Å². The van der Waals surface area contributed by atoms with Crippen LogP contribution in [0.4, 0.5) is 4.39 Å². The molecule has 0 aromatic heterocycles. The molecule has 0 radical (unpaired) electrons. The summed E-state index contributed by atoms with van der Waals surface area (Å²) < 4.78 is 23.8. The number of carbonyl (C=O) groups excluding carboxylic acids is 2. The predicted molar refractivity (Wildman–Crippen MR) is 69.3 cm³/mol. The largest absolute Gasteiger partial charge is 0.480 e. The van der Waals surface area contributed by atoms with Crippen molar-refractivity contribution in [3.8, 4) is 5.75 Å². The molecule has 0 bridgehead atoms. The maximum Gasteiger partial charge on any atom is 0.258 e. The zero-order valence-electron chi connectivity index (χ0n) is 10.9. The lowest BCUT2D eigenvalue weighted by atomic mass is 10.1. The number of benzene rings is 1. The van der Waals surface area contributed by atoms with Gasteiger partial charge in [0.2, 0.25) is 0 Å². The lowest BCUT2D eigenvalue weighted by molar-refractivity contribution is -0.124. The average molecular weight is 281 g/mol. The van der Waals surface area contributed by atoms with E-state index in [0.717, 1.165) is 12.8 Å². The fourth-order valence-electron chi connectivity index (χ4n) is 2.02. The first-order valence-electron chi connectivity index (χ1n) is 6.44. The molecule has 1 aliphatic rings. The zero-order chi connectivity index (χ0) is 14.4. The number of aldehydes is 1. The zero-order valence-corrected chi connectivity index (χ0v) is 10.9. The second kappa shape index (κ2) is 7.00. The number of halogens is 1. The van der Waals surface area contributed by atoms with Crippen LogP contribution in [-0.2, 0) is 9.53 Å². The molecule has 0 aliphatic carbocycles. The lowest BCUT2D eigenvalue weighted by Crippen LogP contribution is -2.41. The summed E-state index contributed by atoms with van der Waals surface area (Å²) in [5, 5.41) is 2.79. The Morgan fingerprint density at radius 3 is 2.90 bits per heavy atom. The number of carbonyl (C=O) groups is 2. The quantitative estimate of drug-likeness (QED) is 0.827. The number of hydrogen-bond acceptors (Lipinski definition) is 4. The van der Waals surface area contributed by atoms with E-state index in [4.69, 9.17) is 9.47 Å². The van der Waals surface area contributed by atoms with Crippen molar-refractivity contribution in [2.24, 2.45) is 0 Å². The number of para-hydroxylation sites is 1. The van der Waals surface area contributed by atoms with Crippen molar-refractivity contribution in [1.82, 2.24) is 5.32 Å². The van der Waals surface area contributed by atoms with Gasteiger partial charge in [0.1, 0.15) is 0 Å². The fourth-order valence-corrected chi connectivity index (χ4v) is 2.02. The van der Waals surface area contributed by atoms with E-state index in [9.17, 15) is 14.0 Å². The highest BCUT2D eigenvalue weighted by Crippen LogP contribution is 2.20. The molecule has 2 rings (SSSR count). The van der Waals surface area contributed by atoms with Crippen LogP contribution in [0.1, 0.15) is 23.2 Å². The summed E-state index contributed by atoms with van der Waals surface area (Å²) in [4.78, 5) is 22.5. The molecule has 5 nitrogen and oxygen atoms in total. The van der Waals surface area contributed by atoms with Gasteiger partial charge in [-0.25, -0.2) is 4.39 Å². The minimum Gasteiger partial charge on any atom is -0.480 e. The fraction of sp³-hybridized carbons (Fsp3) is 0.429. The molecule has 1 aliphatic heterocycles. The van der Waals surface area contributed by atoms with Crippen LogP contribution < -0.4 is 10.1 Å². The third-order valence-corrected chi connectivity index (χ3v) is 3.06. The molecule has 1 saturated heterocycles. The van der Waals surface area contributed by atoms with Crippen LogP contribution in [0.25, 0.3) is 0 Å². The van der Waals surface area contributed by atoms with E-state index in [2.05, 4.69) is 5.32 Å². The molecule has 0 saturated carbocycles. The molecule has 1 aromatic carbocycles. The van der Waals surface area contributed by atoms with Gasteiger partial charge in [0.15, 0.2) is 24.5 Å². The van der Waals surface area contributed by atoms with Gasteiger partial charge >= 0.3 is 0 Å². The van der Waals surface area contributed by atoms with E-state index in [1.807, 2.05) is 0 Å². The highest BCUT2D eigenvalue weighted by molar-refractivity contribution is 5.81. The molecule has 0 unspecified atom stereocenters. The molecule has 0 atom stereocenters. The maximum atomic E-state index is 13.5. The van der Waals surface area contributed by atoms with Crippen molar-refractivity contribution in [2.75, 3.05) is 19.8 Å². The van der Waals surface area contributed by atoms with Crippen molar-refractivity contribution in [3.63, 3.8) is 0 Å².